The fourth-order valence-corrected chi connectivity index (χ4v) is 2.55. The fourth-order valence-electron chi connectivity index (χ4n) is 2.55. The lowest BCUT2D eigenvalue weighted by atomic mass is 9.84. The zero-order valence-corrected chi connectivity index (χ0v) is 8.74. The zero-order chi connectivity index (χ0) is 10.1. The molecule has 3 heteroatoms. The van der Waals surface area contributed by atoms with Crippen LogP contribution >= 0.6 is 0 Å². The zero-order valence-electron chi connectivity index (χ0n) is 8.74. The average Bonchev–Trinajstić information content (AvgIpc) is 2.77. The molecule has 3 rings (SSSR count). The number of nitrogens with one attached hydrogen (secondary N) is 1. The van der Waals surface area contributed by atoms with Crippen LogP contribution in [0.4, 0.5) is 0 Å². The predicted molar refractivity (Wildman–Crippen MR) is 59.7 cm³/mol. The van der Waals surface area contributed by atoms with E-state index in [9.17, 15) is 0 Å². The molecule has 78 valence electrons. The number of benzene rings is 1. The number of nitrogens with zero attached hydrogens (tertiary/aromatic N) is 2. The normalized spacial score (nSPS) is 18.4. The maximum atomic E-state index is 4.14. The summed E-state index contributed by atoms with van der Waals surface area (Å²) in [6, 6.07) is 6.47. The van der Waals surface area contributed by atoms with Crippen molar-refractivity contribution in [3.63, 3.8) is 0 Å². The Balaban J connectivity index is 1.95. The molecule has 0 amide bonds. The van der Waals surface area contributed by atoms with Crippen molar-refractivity contribution in [2.24, 2.45) is 0 Å². The topological polar surface area (TPSA) is 41.6 Å². The van der Waals surface area contributed by atoms with Gasteiger partial charge in [0.25, 0.3) is 0 Å². The SMILES string of the molecule is c1cc2n[nH]nc2cc1C1CCCCC1. The number of rotatable bonds is 1. The van der Waals surface area contributed by atoms with E-state index < -0.39 is 0 Å². The first-order valence-electron chi connectivity index (χ1n) is 5.74. The smallest absolute Gasteiger partial charge is 0.113 e. The highest BCUT2D eigenvalue weighted by Gasteiger charge is 2.15. The molecule has 3 nitrogen and oxygen atoms in total. The minimum atomic E-state index is 0.750. The fraction of sp³-hybridized carbons (Fsp3) is 0.500. The van der Waals surface area contributed by atoms with Gasteiger partial charge in [-0.2, -0.15) is 15.4 Å². The van der Waals surface area contributed by atoms with Crippen LogP contribution in [0.15, 0.2) is 18.2 Å². The summed E-state index contributed by atoms with van der Waals surface area (Å²) in [5.74, 6) is 0.750. The average molecular weight is 201 g/mol. The first-order chi connectivity index (χ1) is 7.43. The van der Waals surface area contributed by atoms with Gasteiger partial charge in [0.2, 0.25) is 0 Å². The van der Waals surface area contributed by atoms with Crippen LogP contribution in [-0.4, -0.2) is 15.4 Å². The molecular formula is C12H15N3. The molecule has 1 aliphatic rings. The van der Waals surface area contributed by atoms with E-state index in [-0.39, 0.29) is 0 Å². The van der Waals surface area contributed by atoms with Crippen LogP contribution in [0.2, 0.25) is 0 Å². The molecular weight excluding hydrogens is 186 g/mol. The van der Waals surface area contributed by atoms with Gasteiger partial charge in [0.15, 0.2) is 0 Å². The first kappa shape index (κ1) is 8.89. The van der Waals surface area contributed by atoms with E-state index in [1.54, 1.807) is 0 Å². The molecule has 0 atom stereocenters. The lowest BCUT2D eigenvalue weighted by Crippen LogP contribution is -2.04. The first-order valence-corrected chi connectivity index (χ1v) is 5.74. The largest absolute Gasteiger partial charge is 0.197 e. The van der Waals surface area contributed by atoms with Crippen molar-refractivity contribution < 1.29 is 0 Å². The number of hydrogen-bond donors (Lipinski definition) is 1. The molecule has 1 fully saturated rings. The minimum absolute atomic E-state index is 0.750. The van der Waals surface area contributed by atoms with Gasteiger partial charge in [0.1, 0.15) is 11.0 Å². The molecule has 0 bridgehead atoms. The third-order valence-corrected chi connectivity index (χ3v) is 3.42. The highest BCUT2D eigenvalue weighted by molar-refractivity contribution is 5.74. The van der Waals surface area contributed by atoms with E-state index in [4.69, 9.17) is 0 Å². The standard InChI is InChI=1S/C12H15N3/c1-2-4-9(5-3-1)10-6-7-11-12(8-10)14-15-13-11/h6-9H,1-5H2,(H,13,14,15). The van der Waals surface area contributed by atoms with Crippen molar-refractivity contribution in [1.82, 2.24) is 15.4 Å². The van der Waals surface area contributed by atoms with E-state index in [0.717, 1.165) is 17.0 Å². The maximum absolute atomic E-state index is 4.14. The van der Waals surface area contributed by atoms with Crippen molar-refractivity contribution in [2.45, 2.75) is 38.0 Å². The summed E-state index contributed by atoms with van der Waals surface area (Å²) in [7, 11) is 0. The Hall–Kier alpha value is -1.38. The molecule has 0 unspecified atom stereocenters. The van der Waals surface area contributed by atoms with Gasteiger partial charge >= 0.3 is 0 Å². The number of hydrogen-bond acceptors (Lipinski definition) is 2. The molecule has 1 heterocycles. The highest BCUT2D eigenvalue weighted by atomic mass is 15.3. The summed E-state index contributed by atoms with van der Waals surface area (Å²) < 4.78 is 0. The third kappa shape index (κ3) is 1.62. The quantitative estimate of drug-likeness (QED) is 0.770. The van der Waals surface area contributed by atoms with Gasteiger partial charge in [0.05, 0.1) is 0 Å². The van der Waals surface area contributed by atoms with Crippen LogP contribution in [-0.2, 0) is 0 Å². The van der Waals surface area contributed by atoms with Crippen molar-refractivity contribution in [3.05, 3.63) is 23.8 Å². The summed E-state index contributed by atoms with van der Waals surface area (Å²) in [6.45, 7) is 0. The Morgan fingerprint density at radius 3 is 2.67 bits per heavy atom. The summed E-state index contributed by atoms with van der Waals surface area (Å²) in [4.78, 5) is 0. The molecule has 0 aliphatic heterocycles. The predicted octanol–water partition coefficient (Wildman–Crippen LogP) is 3.01. The second kappa shape index (κ2) is 3.65. The second-order valence-electron chi connectivity index (χ2n) is 4.41. The van der Waals surface area contributed by atoms with Gasteiger partial charge in [-0.3, -0.25) is 0 Å². The van der Waals surface area contributed by atoms with E-state index in [1.165, 1.54) is 37.7 Å². The monoisotopic (exact) mass is 201 g/mol. The van der Waals surface area contributed by atoms with Crippen LogP contribution in [0.5, 0.6) is 0 Å². The summed E-state index contributed by atoms with van der Waals surface area (Å²) in [5, 5.41) is 10.9. The molecule has 1 N–H and O–H groups in total. The molecule has 0 saturated heterocycles. The van der Waals surface area contributed by atoms with Crippen molar-refractivity contribution in [3.8, 4) is 0 Å². The van der Waals surface area contributed by atoms with Crippen LogP contribution in [0.25, 0.3) is 11.0 Å². The second-order valence-corrected chi connectivity index (χ2v) is 4.41. The van der Waals surface area contributed by atoms with Crippen LogP contribution in [0, 0.1) is 0 Å². The number of aromatic amines is 1. The summed E-state index contributed by atoms with van der Waals surface area (Å²) in [6.07, 6.45) is 6.83. The van der Waals surface area contributed by atoms with Gasteiger partial charge in [-0.05, 0) is 36.5 Å². The molecule has 1 aromatic heterocycles. The van der Waals surface area contributed by atoms with Crippen molar-refractivity contribution in [1.29, 1.82) is 0 Å². The summed E-state index contributed by atoms with van der Waals surface area (Å²) >= 11 is 0. The van der Waals surface area contributed by atoms with Gasteiger partial charge in [0, 0.05) is 0 Å². The van der Waals surface area contributed by atoms with Gasteiger partial charge < -0.3 is 0 Å². The Morgan fingerprint density at radius 2 is 1.80 bits per heavy atom. The summed E-state index contributed by atoms with van der Waals surface area (Å²) in [5.41, 5.74) is 3.41. The van der Waals surface area contributed by atoms with Crippen LogP contribution < -0.4 is 0 Å². The molecule has 1 aromatic carbocycles. The molecule has 0 spiro atoms. The van der Waals surface area contributed by atoms with Gasteiger partial charge in [-0.25, -0.2) is 0 Å². The van der Waals surface area contributed by atoms with E-state index in [0.29, 0.717) is 0 Å². The molecule has 0 radical (unpaired) electrons. The lowest BCUT2D eigenvalue weighted by Gasteiger charge is -2.21. The Kier molecular flexibility index (Phi) is 2.16. The molecule has 2 aromatic rings. The number of H-pyrrole nitrogens is 1. The highest BCUT2D eigenvalue weighted by Crippen LogP contribution is 2.33. The molecule has 1 aliphatic carbocycles. The van der Waals surface area contributed by atoms with Crippen molar-refractivity contribution in [2.75, 3.05) is 0 Å². The maximum Gasteiger partial charge on any atom is 0.113 e. The van der Waals surface area contributed by atoms with Gasteiger partial charge in [-0.15, -0.1) is 0 Å². The van der Waals surface area contributed by atoms with E-state index in [1.807, 2.05) is 0 Å². The molecule has 15 heavy (non-hydrogen) atoms. The van der Waals surface area contributed by atoms with E-state index in [2.05, 4.69) is 33.6 Å². The number of fused-ring (bicyclic) bond motifs is 1. The Morgan fingerprint density at radius 1 is 1.00 bits per heavy atom. The van der Waals surface area contributed by atoms with E-state index >= 15 is 0 Å². The third-order valence-electron chi connectivity index (χ3n) is 3.42. The number of aromatic nitrogens is 3. The Bertz CT molecular complexity index is 455. The van der Waals surface area contributed by atoms with Crippen LogP contribution in [0.1, 0.15) is 43.6 Å². The van der Waals surface area contributed by atoms with Crippen molar-refractivity contribution >= 4 is 11.0 Å². The lowest BCUT2D eigenvalue weighted by molar-refractivity contribution is 0.444. The minimum Gasteiger partial charge on any atom is -0.197 e. The molecule has 1 saturated carbocycles. The van der Waals surface area contributed by atoms with Crippen LogP contribution in [0.3, 0.4) is 0 Å². The Labute approximate surface area is 88.9 Å². The van der Waals surface area contributed by atoms with Gasteiger partial charge in [-0.1, -0.05) is 25.3 Å².